The number of piperazine rings is 1. The summed E-state index contributed by atoms with van der Waals surface area (Å²) in [6.45, 7) is 8.77. The molecule has 1 amide bonds. The zero-order valence-corrected chi connectivity index (χ0v) is 14.9. The Morgan fingerprint density at radius 3 is 2.54 bits per heavy atom. The third kappa shape index (κ3) is 3.56. The highest BCUT2D eigenvalue weighted by atomic mass is 32.1. The van der Waals surface area contributed by atoms with E-state index in [1.807, 2.05) is 25.7 Å². The van der Waals surface area contributed by atoms with Gasteiger partial charge in [0.05, 0.1) is 4.88 Å². The number of nitrogens with zero attached hydrogens (tertiary/aromatic N) is 4. The van der Waals surface area contributed by atoms with Crippen LogP contribution < -0.4 is 4.90 Å². The first-order valence-corrected chi connectivity index (χ1v) is 8.78. The zero-order chi connectivity index (χ0) is 17.3. The molecule has 0 bridgehead atoms. The molecular weight excluding hydrogens is 327 g/mol. The molecule has 2 aromatic heterocycles. The van der Waals surface area contributed by atoms with Crippen molar-refractivity contribution in [3.05, 3.63) is 30.5 Å². The molecule has 0 aliphatic carbocycles. The Morgan fingerprint density at radius 2 is 1.92 bits per heavy atom. The number of thiazole rings is 1. The molecule has 0 unspecified atom stereocenters. The van der Waals surface area contributed by atoms with Crippen molar-refractivity contribution in [3.8, 4) is 10.4 Å². The average molecular weight is 348 g/mol. The van der Waals surface area contributed by atoms with Gasteiger partial charge in [0.2, 0.25) is 11.9 Å². The molecule has 0 radical (unpaired) electrons. The van der Waals surface area contributed by atoms with Crippen LogP contribution in [0.1, 0.15) is 20.8 Å². The maximum absolute atomic E-state index is 13.3. The van der Waals surface area contributed by atoms with Crippen LogP contribution in [0.25, 0.3) is 10.4 Å². The summed E-state index contributed by atoms with van der Waals surface area (Å²) >= 11 is 1.53. The Morgan fingerprint density at radius 1 is 1.21 bits per heavy atom. The van der Waals surface area contributed by atoms with Crippen LogP contribution in [-0.2, 0) is 4.79 Å². The molecule has 1 aliphatic rings. The van der Waals surface area contributed by atoms with Crippen molar-refractivity contribution >= 4 is 22.4 Å². The predicted molar refractivity (Wildman–Crippen MR) is 93.6 cm³/mol. The predicted octanol–water partition coefficient (Wildman–Crippen LogP) is 3.04. The second kappa shape index (κ2) is 6.47. The Balaban J connectivity index is 1.67. The number of halogens is 1. The van der Waals surface area contributed by atoms with Crippen molar-refractivity contribution in [1.29, 1.82) is 0 Å². The van der Waals surface area contributed by atoms with Crippen molar-refractivity contribution in [3.63, 3.8) is 0 Å². The Bertz CT molecular complexity index is 732. The topological polar surface area (TPSA) is 49.3 Å². The van der Waals surface area contributed by atoms with Crippen molar-refractivity contribution < 1.29 is 9.18 Å². The van der Waals surface area contributed by atoms with E-state index in [1.165, 1.54) is 23.6 Å². The van der Waals surface area contributed by atoms with Crippen LogP contribution >= 0.6 is 11.3 Å². The molecule has 0 saturated carbocycles. The second-order valence-corrected chi connectivity index (χ2v) is 7.91. The van der Waals surface area contributed by atoms with Gasteiger partial charge in [0.15, 0.2) is 5.13 Å². The van der Waals surface area contributed by atoms with Gasteiger partial charge in [-0.1, -0.05) is 32.1 Å². The SMILES string of the molecule is CC(C)(C)C(=O)N1CCN(c2ncc(-c3ccnc(F)c3)s2)CC1. The van der Waals surface area contributed by atoms with Gasteiger partial charge in [-0.2, -0.15) is 4.39 Å². The van der Waals surface area contributed by atoms with Gasteiger partial charge >= 0.3 is 0 Å². The van der Waals surface area contributed by atoms with Gasteiger partial charge < -0.3 is 9.80 Å². The lowest BCUT2D eigenvalue weighted by Gasteiger charge is -2.37. The summed E-state index contributed by atoms with van der Waals surface area (Å²) in [6.07, 6.45) is 3.22. The molecule has 3 heterocycles. The highest BCUT2D eigenvalue weighted by Crippen LogP contribution is 2.31. The molecule has 0 aromatic carbocycles. The second-order valence-electron chi connectivity index (χ2n) is 6.90. The average Bonchev–Trinajstić information content (AvgIpc) is 3.03. The fourth-order valence-corrected chi connectivity index (χ4v) is 3.64. The van der Waals surface area contributed by atoms with Gasteiger partial charge in [0.1, 0.15) is 0 Å². The van der Waals surface area contributed by atoms with Crippen LogP contribution in [0.2, 0.25) is 0 Å². The third-order valence-corrected chi connectivity index (χ3v) is 5.09. The quantitative estimate of drug-likeness (QED) is 0.783. The number of anilines is 1. The molecule has 1 aliphatic heterocycles. The van der Waals surface area contributed by atoms with Gasteiger partial charge in [-0.3, -0.25) is 4.79 Å². The first-order chi connectivity index (χ1) is 11.3. The van der Waals surface area contributed by atoms with Gasteiger partial charge in [0, 0.05) is 50.1 Å². The molecule has 2 aromatic rings. The normalized spacial score (nSPS) is 15.7. The van der Waals surface area contributed by atoms with E-state index >= 15 is 0 Å². The third-order valence-electron chi connectivity index (χ3n) is 3.98. The van der Waals surface area contributed by atoms with E-state index in [1.54, 1.807) is 12.3 Å². The molecule has 1 saturated heterocycles. The van der Waals surface area contributed by atoms with Gasteiger partial charge in [-0.05, 0) is 11.6 Å². The minimum atomic E-state index is -0.489. The fourth-order valence-electron chi connectivity index (χ4n) is 2.68. The van der Waals surface area contributed by atoms with E-state index in [-0.39, 0.29) is 11.3 Å². The van der Waals surface area contributed by atoms with Crippen LogP contribution in [0.4, 0.5) is 9.52 Å². The number of hydrogen-bond donors (Lipinski definition) is 0. The maximum atomic E-state index is 13.3. The fraction of sp³-hybridized carbons (Fsp3) is 0.471. The molecule has 128 valence electrons. The summed E-state index contributed by atoms with van der Waals surface area (Å²) in [6, 6.07) is 3.19. The van der Waals surface area contributed by atoms with Crippen LogP contribution in [-0.4, -0.2) is 47.0 Å². The molecule has 0 atom stereocenters. The lowest BCUT2D eigenvalue weighted by Crippen LogP contribution is -2.51. The lowest BCUT2D eigenvalue weighted by molar-refractivity contribution is -0.139. The molecule has 0 N–H and O–H groups in total. The minimum Gasteiger partial charge on any atom is -0.345 e. The van der Waals surface area contributed by atoms with Crippen molar-refractivity contribution in [1.82, 2.24) is 14.9 Å². The standard InChI is InChI=1S/C17H21FN4OS/c1-17(2,3)15(23)21-6-8-22(9-7-21)16-20-11-13(24-16)12-4-5-19-14(18)10-12/h4-5,10-11H,6-9H2,1-3H3. The minimum absolute atomic E-state index is 0.189. The number of amides is 1. The van der Waals surface area contributed by atoms with E-state index < -0.39 is 5.95 Å². The zero-order valence-electron chi connectivity index (χ0n) is 14.1. The van der Waals surface area contributed by atoms with Crippen LogP contribution in [0.15, 0.2) is 24.5 Å². The van der Waals surface area contributed by atoms with Crippen molar-refractivity contribution in [2.45, 2.75) is 20.8 Å². The van der Waals surface area contributed by atoms with Crippen LogP contribution in [0.5, 0.6) is 0 Å². The highest BCUT2D eigenvalue weighted by molar-refractivity contribution is 7.18. The monoisotopic (exact) mass is 348 g/mol. The molecule has 7 heteroatoms. The molecule has 1 fully saturated rings. The number of carbonyl (C=O) groups is 1. The van der Waals surface area contributed by atoms with Gasteiger partial charge in [-0.15, -0.1) is 0 Å². The number of pyridine rings is 1. The van der Waals surface area contributed by atoms with Crippen molar-refractivity contribution in [2.75, 3.05) is 31.1 Å². The molecule has 0 spiro atoms. The Labute approximate surface area is 145 Å². The maximum Gasteiger partial charge on any atom is 0.228 e. The first-order valence-electron chi connectivity index (χ1n) is 7.97. The molecular formula is C17H21FN4OS. The summed E-state index contributed by atoms with van der Waals surface area (Å²) in [4.78, 5) is 25.4. The molecule has 5 nitrogen and oxygen atoms in total. The van der Waals surface area contributed by atoms with E-state index in [4.69, 9.17) is 0 Å². The van der Waals surface area contributed by atoms with E-state index in [2.05, 4.69) is 14.9 Å². The van der Waals surface area contributed by atoms with E-state index in [9.17, 15) is 9.18 Å². The van der Waals surface area contributed by atoms with Crippen molar-refractivity contribution in [2.24, 2.45) is 5.41 Å². The largest absolute Gasteiger partial charge is 0.345 e. The number of rotatable bonds is 2. The summed E-state index contributed by atoms with van der Waals surface area (Å²) in [5.41, 5.74) is 0.440. The van der Waals surface area contributed by atoms with Crippen LogP contribution in [0, 0.1) is 11.4 Å². The van der Waals surface area contributed by atoms with E-state index in [0.717, 1.165) is 28.7 Å². The van der Waals surface area contributed by atoms with E-state index in [0.29, 0.717) is 13.1 Å². The number of carbonyl (C=O) groups excluding carboxylic acids is 1. The Hall–Kier alpha value is -2.02. The smallest absolute Gasteiger partial charge is 0.228 e. The molecule has 3 rings (SSSR count). The van der Waals surface area contributed by atoms with Gasteiger partial charge in [-0.25, -0.2) is 9.97 Å². The highest BCUT2D eigenvalue weighted by Gasteiger charge is 2.30. The first kappa shape index (κ1) is 16.8. The summed E-state index contributed by atoms with van der Waals surface area (Å²) in [7, 11) is 0. The van der Waals surface area contributed by atoms with Gasteiger partial charge in [0.25, 0.3) is 0 Å². The summed E-state index contributed by atoms with van der Waals surface area (Å²) in [5, 5.41) is 0.907. The lowest BCUT2D eigenvalue weighted by atomic mass is 9.94. The number of aromatic nitrogens is 2. The number of hydrogen-bond acceptors (Lipinski definition) is 5. The summed E-state index contributed by atoms with van der Waals surface area (Å²) in [5.74, 6) is -0.300. The Kier molecular flexibility index (Phi) is 4.54. The molecule has 24 heavy (non-hydrogen) atoms. The summed E-state index contributed by atoms with van der Waals surface area (Å²) < 4.78 is 13.3. The van der Waals surface area contributed by atoms with Crippen LogP contribution in [0.3, 0.4) is 0 Å².